The zero-order valence-corrected chi connectivity index (χ0v) is 7.90. The first-order valence-corrected chi connectivity index (χ1v) is 5.12. The molecule has 0 bridgehead atoms. The van der Waals surface area contributed by atoms with E-state index in [2.05, 4.69) is 15.5 Å². The summed E-state index contributed by atoms with van der Waals surface area (Å²) in [6, 6.07) is 0.276. The molecule has 76 valence electrons. The summed E-state index contributed by atoms with van der Waals surface area (Å²) in [5, 5.41) is 7.18. The van der Waals surface area contributed by atoms with Crippen LogP contribution in [0.5, 0.6) is 0 Å². The third-order valence-corrected chi connectivity index (χ3v) is 2.80. The maximum Gasteiger partial charge on any atom is 0.243 e. The van der Waals surface area contributed by atoms with Crippen molar-refractivity contribution < 1.29 is 9.26 Å². The fraction of sp³-hybridized carbons (Fsp3) is 0.778. The summed E-state index contributed by atoms with van der Waals surface area (Å²) in [6.45, 7) is 1.86. The SMILES string of the molecule is C1COC(c2noc(C3CCN3)n2)C1. The van der Waals surface area contributed by atoms with Crippen molar-refractivity contribution in [2.75, 3.05) is 13.2 Å². The highest BCUT2D eigenvalue weighted by molar-refractivity contribution is 4.99. The fourth-order valence-electron chi connectivity index (χ4n) is 1.80. The topological polar surface area (TPSA) is 60.2 Å². The molecular weight excluding hydrogens is 182 g/mol. The molecule has 2 atom stereocenters. The molecule has 1 aromatic heterocycles. The minimum Gasteiger partial charge on any atom is -0.370 e. The van der Waals surface area contributed by atoms with Crippen LogP contribution in [0.1, 0.15) is 43.1 Å². The maximum atomic E-state index is 5.48. The zero-order chi connectivity index (χ0) is 9.38. The van der Waals surface area contributed by atoms with Gasteiger partial charge in [0.15, 0.2) is 0 Å². The van der Waals surface area contributed by atoms with Crippen LogP contribution < -0.4 is 5.32 Å². The summed E-state index contributed by atoms with van der Waals surface area (Å²) >= 11 is 0. The van der Waals surface area contributed by atoms with E-state index in [4.69, 9.17) is 9.26 Å². The van der Waals surface area contributed by atoms with Gasteiger partial charge < -0.3 is 14.6 Å². The van der Waals surface area contributed by atoms with Crippen LogP contribution in [0, 0.1) is 0 Å². The lowest BCUT2D eigenvalue weighted by molar-refractivity contribution is 0.103. The number of aromatic nitrogens is 2. The van der Waals surface area contributed by atoms with E-state index >= 15 is 0 Å². The van der Waals surface area contributed by atoms with Crippen LogP contribution in [-0.2, 0) is 4.74 Å². The van der Waals surface area contributed by atoms with Crippen molar-refractivity contribution in [3.63, 3.8) is 0 Å². The van der Waals surface area contributed by atoms with Gasteiger partial charge in [-0.05, 0) is 25.8 Å². The Balaban J connectivity index is 1.75. The first kappa shape index (κ1) is 8.38. The van der Waals surface area contributed by atoms with Gasteiger partial charge in [-0.3, -0.25) is 0 Å². The van der Waals surface area contributed by atoms with E-state index in [1.54, 1.807) is 0 Å². The molecule has 3 heterocycles. The maximum absolute atomic E-state index is 5.48. The highest BCUT2D eigenvalue weighted by Crippen LogP contribution is 2.28. The first-order chi connectivity index (χ1) is 6.93. The van der Waals surface area contributed by atoms with E-state index in [9.17, 15) is 0 Å². The van der Waals surface area contributed by atoms with E-state index in [1.165, 1.54) is 0 Å². The Labute approximate surface area is 81.8 Å². The Morgan fingerprint density at radius 3 is 2.93 bits per heavy atom. The Morgan fingerprint density at radius 2 is 2.29 bits per heavy atom. The minimum atomic E-state index is 0.0626. The van der Waals surface area contributed by atoms with Gasteiger partial charge in [0.1, 0.15) is 6.10 Å². The molecule has 2 aliphatic rings. The summed E-state index contributed by atoms with van der Waals surface area (Å²) in [4.78, 5) is 4.35. The second-order valence-corrected chi connectivity index (χ2v) is 3.79. The molecule has 5 nitrogen and oxygen atoms in total. The first-order valence-electron chi connectivity index (χ1n) is 5.12. The van der Waals surface area contributed by atoms with E-state index in [0.29, 0.717) is 11.7 Å². The van der Waals surface area contributed by atoms with E-state index in [0.717, 1.165) is 32.4 Å². The lowest BCUT2D eigenvalue weighted by Gasteiger charge is -2.23. The number of nitrogens with zero attached hydrogens (tertiary/aromatic N) is 2. The highest BCUT2D eigenvalue weighted by Gasteiger charge is 2.28. The average Bonchev–Trinajstić information content (AvgIpc) is 2.65. The van der Waals surface area contributed by atoms with Gasteiger partial charge in [0, 0.05) is 6.61 Å². The zero-order valence-electron chi connectivity index (χ0n) is 7.90. The fourth-order valence-corrected chi connectivity index (χ4v) is 1.80. The molecule has 2 aliphatic heterocycles. The Kier molecular flexibility index (Phi) is 1.99. The molecule has 0 aromatic carbocycles. The van der Waals surface area contributed by atoms with E-state index in [-0.39, 0.29) is 12.1 Å². The number of hydrogen-bond donors (Lipinski definition) is 1. The summed E-state index contributed by atoms with van der Waals surface area (Å²) in [6.07, 6.45) is 3.26. The molecule has 2 fully saturated rings. The van der Waals surface area contributed by atoms with Crippen molar-refractivity contribution >= 4 is 0 Å². The largest absolute Gasteiger partial charge is 0.370 e. The summed E-state index contributed by atoms with van der Waals surface area (Å²) in [7, 11) is 0. The summed E-state index contributed by atoms with van der Waals surface area (Å²) < 4.78 is 10.7. The molecule has 14 heavy (non-hydrogen) atoms. The molecule has 0 spiro atoms. The van der Waals surface area contributed by atoms with Gasteiger partial charge in [-0.2, -0.15) is 4.98 Å². The molecule has 0 saturated carbocycles. The van der Waals surface area contributed by atoms with Gasteiger partial charge in [0.25, 0.3) is 0 Å². The van der Waals surface area contributed by atoms with Crippen molar-refractivity contribution in [1.82, 2.24) is 15.5 Å². The monoisotopic (exact) mass is 195 g/mol. The van der Waals surface area contributed by atoms with Crippen LogP contribution in [0.15, 0.2) is 4.52 Å². The van der Waals surface area contributed by atoms with Gasteiger partial charge in [-0.1, -0.05) is 5.16 Å². The summed E-state index contributed by atoms with van der Waals surface area (Å²) in [5.41, 5.74) is 0. The molecule has 0 aliphatic carbocycles. The summed E-state index contributed by atoms with van der Waals surface area (Å²) in [5.74, 6) is 1.42. The van der Waals surface area contributed by atoms with Gasteiger partial charge in [-0.15, -0.1) is 0 Å². The predicted molar refractivity (Wildman–Crippen MR) is 47.6 cm³/mol. The molecule has 0 amide bonds. The van der Waals surface area contributed by atoms with Crippen molar-refractivity contribution in [2.24, 2.45) is 0 Å². The minimum absolute atomic E-state index is 0.0626. The van der Waals surface area contributed by atoms with Gasteiger partial charge >= 0.3 is 0 Å². The van der Waals surface area contributed by atoms with Crippen LogP contribution in [-0.4, -0.2) is 23.3 Å². The van der Waals surface area contributed by atoms with Crippen LogP contribution in [0.2, 0.25) is 0 Å². The molecular formula is C9H13N3O2. The van der Waals surface area contributed by atoms with Gasteiger partial charge in [0.2, 0.25) is 11.7 Å². The molecule has 0 radical (unpaired) electrons. The molecule has 2 saturated heterocycles. The van der Waals surface area contributed by atoms with E-state index < -0.39 is 0 Å². The molecule has 3 rings (SSSR count). The Hall–Kier alpha value is -0.940. The average molecular weight is 195 g/mol. The smallest absolute Gasteiger partial charge is 0.243 e. The third-order valence-electron chi connectivity index (χ3n) is 2.80. The highest BCUT2D eigenvalue weighted by atomic mass is 16.5. The van der Waals surface area contributed by atoms with Crippen LogP contribution in [0.4, 0.5) is 0 Å². The van der Waals surface area contributed by atoms with Crippen molar-refractivity contribution in [3.8, 4) is 0 Å². The Bertz CT molecular complexity index is 316. The number of hydrogen-bond acceptors (Lipinski definition) is 5. The molecule has 1 N–H and O–H groups in total. The molecule has 2 unspecified atom stereocenters. The van der Waals surface area contributed by atoms with Crippen LogP contribution in [0.25, 0.3) is 0 Å². The quantitative estimate of drug-likeness (QED) is 0.761. The van der Waals surface area contributed by atoms with Crippen molar-refractivity contribution in [3.05, 3.63) is 11.7 Å². The second kappa shape index (κ2) is 3.33. The predicted octanol–water partition coefficient (Wildman–Crippen LogP) is 0.956. The van der Waals surface area contributed by atoms with Crippen LogP contribution >= 0.6 is 0 Å². The van der Waals surface area contributed by atoms with Crippen molar-refractivity contribution in [2.45, 2.75) is 31.4 Å². The lowest BCUT2D eigenvalue weighted by Crippen LogP contribution is -2.35. The normalized spacial score (nSPS) is 31.7. The number of rotatable bonds is 2. The lowest BCUT2D eigenvalue weighted by atomic mass is 10.1. The van der Waals surface area contributed by atoms with Gasteiger partial charge in [-0.25, -0.2) is 0 Å². The van der Waals surface area contributed by atoms with Crippen molar-refractivity contribution in [1.29, 1.82) is 0 Å². The third kappa shape index (κ3) is 1.33. The molecule has 5 heteroatoms. The van der Waals surface area contributed by atoms with Gasteiger partial charge in [0.05, 0.1) is 6.04 Å². The Morgan fingerprint density at radius 1 is 1.36 bits per heavy atom. The number of nitrogens with one attached hydrogen (secondary N) is 1. The number of ether oxygens (including phenoxy) is 1. The molecule has 1 aromatic rings. The van der Waals surface area contributed by atoms with Crippen LogP contribution in [0.3, 0.4) is 0 Å². The van der Waals surface area contributed by atoms with E-state index in [1.807, 2.05) is 0 Å². The standard InChI is InChI=1S/C9H13N3O2/c1-2-7(13-5-1)8-11-9(14-12-8)6-3-4-10-6/h6-7,10H,1-5H2. The second-order valence-electron chi connectivity index (χ2n) is 3.79.